The van der Waals surface area contributed by atoms with Crippen LogP contribution in [0.3, 0.4) is 0 Å². The first-order valence-electron chi connectivity index (χ1n) is 11.6. The number of phenols is 2. The van der Waals surface area contributed by atoms with Gasteiger partial charge in [0, 0.05) is 35.8 Å². The first-order valence-corrected chi connectivity index (χ1v) is 12.4. The molecular weight excluding hydrogens is 531 g/mol. The van der Waals surface area contributed by atoms with Crippen LogP contribution in [0.25, 0.3) is 11.3 Å². The zero-order valence-electron chi connectivity index (χ0n) is 20.1. The molecule has 0 saturated carbocycles. The van der Waals surface area contributed by atoms with Crippen LogP contribution in [0.1, 0.15) is 27.2 Å². The van der Waals surface area contributed by atoms with Gasteiger partial charge >= 0.3 is 6.03 Å². The number of carbonyl (C=O) groups is 2. The molecule has 5 rings (SSSR count). The van der Waals surface area contributed by atoms with Crippen LogP contribution in [-0.2, 0) is 13.0 Å². The molecule has 0 fully saturated rings. The normalized spacial score (nSPS) is 12.7. The number of phenolic OH excluding ortho intramolecular Hbond substituents is 2. The maximum atomic E-state index is 13.4. The summed E-state index contributed by atoms with van der Waals surface area (Å²) in [4.78, 5) is 27.6. The fraction of sp³-hybridized carbons (Fsp3) is 0.148. The third-order valence-electron chi connectivity index (χ3n) is 6.26. The molecule has 11 heteroatoms. The summed E-state index contributed by atoms with van der Waals surface area (Å²) in [6.45, 7) is 2.43. The van der Waals surface area contributed by atoms with E-state index in [1.165, 1.54) is 6.07 Å². The molecule has 3 aromatic carbocycles. The summed E-state index contributed by atoms with van der Waals surface area (Å²) < 4.78 is 5.49. The minimum absolute atomic E-state index is 0.0461. The van der Waals surface area contributed by atoms with Gasteiger partial charge in [-0.2, -0.15) is 0 Å². The average Bonchev–Trinajstić information content (AvgIpc) is 3.31. The molecule has 1 aromatic heterocycles. The summed E-state index contributed by atoms with van der Waals surface area (Å²) in [5.41, 5.74) is 3.73. The van der Waals surface area contributed by atoms with Crippen LogP contribution in [0.4, 0.5) is 16.2 Å². The molecule has 4 N–H and O–H groups in total. The Kier molecular flexibility index (Phi) is 6.88. The lowest BCUT2D eigenvalue weighted by Gasteiger charge is -2.26. The maximum absolute atomic E-state index is 13.4. The molecule has 9 nitrogen and oxygen atoms in total. The second kappa shape index (κ2) is 10.3. The molecule has 2 heterocycles. The van der Waals surface area contributed by atoms with Gasteiger partial charge in [-0.15, -0.1) is 0 Å². The van der Waals surface area contributed by atoms with Gasteiger partial charge in [0.15, 0.2) is 5.76 Å². The Hall–Kier alpha value is -4.21. The summed E-state index contributed by atoms with van der Waals surface area (Å²) in [7, 11) is 0. The van der Waals surface area contributed by atoms with Crippen LogP contribution >= 0.6 is 23.2 Å². The number of nitrogens with zero attached hydrogens (tertiary/aromatic N) is 2. The molecule has 0 saturated heterocycles. The number of carbonyl (C=O) groups excluding carboxylic acids is 2. The molecule has 0 atom stereocenters. The number of aromatic nitrogens is 1. The summed E-state index contributed by atoms with van der Waals surface area (Å²) >= 11 is 12.2. The van der Waals surface area contributed by atoms with Crippen LogP contribution in [0, 0.1) is 6.92 Å². The Morgan fingerprint density at radius 2 is 1.79 bits per heavy atom. The van der Waals surface area contributed by atoms with E-state index in [9.17, 15) is 19.8 Å². The molecule has 0 bridgehead atoms. The first-order chi connectivity index (χ1) is 18.2. The maximum Gasteiger partial charge on any atom is 0.323 e. The molecule has 1 aliphatic heterocycles. The number of aromatic hydroxyl groups is 2. The number of urea groups is 1. The predicted octanol–water partition coefficient (Wildman–Crippen LogP) is 6.21. The molecule has 4 aromatic rings. The molecule has 1 aliphatic rings. The van der Waals surface area contributed by atoms with Gasteiger partial charge in [0.2, 0.25) is 0 Å². The van der Waals surface area contributed by atoms with Crippen molar-refractivity contribution in [1.82, 2.24) is 10.1 Å². The Labute approximate surface area is 227 Å². The lowest BCUT2D eigenvalue weighted by atomic mass is 10.00. The minimum atomic E-state index is -0.491. The largest absolute Gasteiger partial charge is 0.507 e. The number of benzene rings is 3. The van der Waals surface area contributed by atoms with Crippen molar-refractivity contribution < 1.29 is 24.3 Å². The van der Waals surface area contributed by atoms with Crippen molar-refractivity contribution in [3.05, 3.63) is 87.0 Å². The first kappa shape index (κ1) is 25.4. The van der Waals surface area contributed by atoms with Crippen LogP contribution in [0.5, 0.6) is 11.5 Å². The Morgan fingerprint density at radius 3 is 2.58 bits per heavy atom. The highest BCUT2D eigenvalue weighted by atomic mass is 35.5. The number of hydrogen-bond donors (Lipinski definition) is 4. The van der Waals surface area contributed by atoms with Gasteiger partial charge in [-0.1, -0.05) is 46.6 Å². The number of rotatable bonds is 4. The Balaban J connectivity index is 1.33. The lowest BCUT2D eigenvalue weighted by Crippen LogP contribution is -2.36. The minimum Gasteiger partial charge on any atom is -0.507 e. The van der Waals surface area contributed by atoms with E-state index in [0.29, 0.717) is 46.2 Å². The van der Waals surface area contributed by atoms with Gasteiger partial charge in [0.25, 0.3) is 5.91 Å². The van der Waals surface area contributed by atoms with Gasteiger partial charge in [-0.25, -0.2) is 4.79 Å². The van der Waals surface area contributed by atoms with Crippen LogP contribution < -0.4 is 10.6 Å². The Bertz CT molecular complexity index is 1550. The van der Waals surface area contributed by atoms with Gasteiger partial charge < -0.3 is 30.3 Å². The van der Waals surface area contributed by atoms with Crippen molar-refractivity contribution in [2.75, 3.05) is 17.2 Å². The van der Waals surface area contributed by atoms with Gasteiger partial charge in [0.1, 0.15) is 11.5 Å². The number of para-hydroxylation sites is 1. The van der Waals surface area contributed by atoms with E-state index in [1.807, 2.05) is 13.0 Å². The summed E-state index contributed by atoms with van der Waals surface area (Å²) in [5, 5.41) is 30.1. The smallest absolute Gasteiger partial charge is 0.323 e. The van der Waals surface area contributed by atoms with E-state index in [2.05, 4.69) is 15.8 Å². The fourth-order valence-corrected chi connectivity index (χ4v) is 4.74. The third-order valence-corrected chi connectivity index (χ3v) is 6.88. The highest BCUT2D eigenvalue weighted by Gasteiger charge is 2.29. The SMILES string of the molecule is Cc1cccc(Cl)c1NC(=O)Nc1cccc(C(=O)N2CCc3noc(-c4cc(Cl)c(O)cc4O)c3C2)c1. The molecular formula is C27H22Cl2N4O5. The van der Waals surface area contributed by atoms with Crippen LogP contribution in [0.15, 0.2) is 59.1 Å². The number of anilines is 2. The second-order valence-electron chi connectivity index (χ2n) is 8.83. The van der Waals surface area contributed by atoms with Gasteiger partial charge in [0.05, 0.1) is 33.5 Å². The topological polar surface area (TPSA) is 128 Å². The molecule has 0 spiro atoms. The number of nitrogens with one attached hydrogen (secondary N) is 2. The zero-order valence-corrected chi connectivity index (χ0v) is 21.6. The van der Waals surface area contributed by atoms with E-state index in [-0.39, 0.29) is 40.3 Å². The van der Waals surface area contributed by atoms with Gasteiger partial charge in [-0.05, 0) is 42.8 Å². The van der Waals surface area contributed by atoms with Crippen molar-refractivity contribution >= 4 is 46.5 Å². The van der Waals surface area contributed by atoms with Crippen LogP contribution in [0.2, 0.25) is 10.0 Å². The number of aryl methyl sites for hydroxylation is 1. The predicted molar refractivity (Wildman–Crippen MR) is 144 cm³/mol. The summed E-state index contributed by atoms with van der Waals surface area (Å²) in [6.07, 6.45) is 0.453. The van der Waals surface area contributed by atoms with E-state index in [4.69, 9.17) is 27.7 Å². The second-order valence-corrected chi connectivity index (χ2v) is 9.64. The number of halogens is 2. The zero-order chi connectivity index (χ0) is 27.0. The van der Waals surface area contributed by atoms with Crippen molar-refractivity contribution in [3.8, 4) is 22.8 Å². The highest BCUT2D eigenvalue weighted by Crippen LogP contribution is 2.40. The van der Waals surface area contributed by atoms with Crippen LogP contribution in [-0.4, -0.2) is 38.8 Å². The van der Waals surface area contributed by atoms with E-state index in [1.54, 1.807) is 41.3 Å². The van der Waals surface area contributed by atoms with Gasteiger partial charge in [-0.3, -0.25) is 4.79 Å². The van der Waals surface area contributed by atoms with Crippen molar-refractivity contribution in [2.45, 2.75) is 19.9 Å². The third kappa shape index (κ3) is 4.98. The van der Waals surface area contributed by atoms with Crippen molar-refractivity contribution in [2.24, 2.45) is 0 Å². The van der Waals surface area contributed by atoms with E-state index >= 15 is 0 Å². The standard InChI is InChI=1S/C27H22Cl2N4O5/c1-14-4-2-7-19(28)24(14)31-27(37)30-16-6-3-5-15(10-16)26(36)33-9-8-21-18(13-33)25(38-32-21)17-11-20(29)23(35)12-22(17)34/h2-7,10-12,34-35H,8-9,13H2,1H3,(H2,30,31,37). The van der Waals surface area contributed by atoms with E-state index < -0.39 is 6.03 Å². The molecule has 194 valence electrons. The fourth-order valence-electron chi connectivity index (χ4n) is 4.31. The van der Waals surface area contributed by atoms with Crippen molar-refractivity contribution in [1.29, 1.82) is 0 Å². The monoisotopic (exact) mass is 552 g/mol. The average molecular weight is 553 g/mol. The Morgan fingerprint density at radius 1 is 1.00 bits per heavy atom. The summed E-state index contributed by atoms with van der Waals surface area (Å²) in [6, 6.07) is 14.0. The molecule has 3 amide bonds. The lowest BCUT2D eigenvalue weighted by molar-refractivity contribution is 0.0734. The number of amides is 3. The van der Waals surface area contributed by atoms with E-state index in [0.717, 1.165) is 11.6 Å². The van der Waals surface area contributed by atoms with Crippen molar-refractivity contribution in [3.63, 3.8) is 0 Å². The molecule has 0 unspecified atom stereocenters. The summed E-state index contributed by atoms with van der Waals surface area (Å²) in [5.74, 6) is -0.457. The number of fused-ring (bicyclic) bond motifs is 1. The molecule has 0 radical (unpaired) electrons. The molecule has 0 aliphatic carbocycles. The quantitative estimate of drug-likeness (QED) is 0.238. The highest BCUT2D eigenvalue weighted by molar-refractivity contribution is 6.34. The molecule has 38 heavy (non-hydrogen) atoms. The number of hydrogen-bond acceptors (Lipinski definition) is 6.